The molecule has 4 aromatic rings. The minimum Gasteiger partial charge on any atom is -0.352 e. The third-order valence-electron chi connectivity index (χ3n) is 8.27. The second-order valence-electron chi connectivity index (χ2n) is 11.7. The molecule has 0 aliphatic carbocycles. The summed E-state index contributed by atoms with van der Waals surface area (Å²) in [5.74, 6) is -1.35. The number of sulfonamides is 1. The van der Waals surface area contributed by atoms with Crippen molar-refractivity contribution >= 4 is 27.5 Å². The van der Waals surface area contributed by atoms with Crippen molar-refractivity contribution in [3.8, 4) is 0 Å². The quantitative estimate of drug-likeness (QED) is 0.180. The molecule has 0 aromatic heterocycles. The van der Waals surface area contributed by atoms with E-state index in [9.17, 15) is 22.4 Å². The lowest BCUT2D eigenvalue weighted by Gasteiger charge is -2.34. The van der Waals surface area contributed by atoms with Gasteiger partial charge in [-0.1, -0.05) is 79.2 Å². The van der Waals surface area contributed by atoms with Crippen LogP contribution in [0.25, 0.3) is 0 Å². The van der Waals surface area contributed by atoms with Crippen molar-refractivity contribution < 1.29 is 22.4 Å². The van der Waals surface area contributed by atoms with Crippen molar-refractivity contribution in [3.63, 3.8) is 0 Å². The van der Waals surface area contributed by atoms with Crippen molar-refractivity contribution in [1.82, 2.24) is 10.2 Å². The standard InChI is InChI=1S/C37H42FN3O4S/c1-6-28(4)39-37(43)35(23-30-12-8-7-9-13-30)40(24-31-17-19-32(38)20-18-31)36(42)25-41(34-14-10-11-27(3)29(34)5)46(44,45)33-21-15-26(2)16-22-33/h7-22,28,35H,6,23-25H2,1-5H3,(H,39,43). The van der Waals surface area contributed by atoms with Crippen molar-refractivity contribution in [1.29, 1.82) is 0 Å². The Kier molecular flexibility index (Phi) is 11.4. The highest BCUT2D eigenvalue weighted by molar-refractivity contribution is 7.92. The van der Waals surface area contributed by atoms with Crippen LogP contribution in [-0.4, -0.2) is 43.8 Å². The zero-order valence-electron chi connectivity index (χ0n) is 27.0. The number of hydrogen-bond acceptors (Lipinski definition) is 4. The summed E-state index contributed by atoms with van der Waals surface area (Å²) in [5, 5.41) is 3.02. The highest BCUT2D eigenvalue weighted by Crippen LogP contribution is 2.29. The highest BCUT2D eigenvalue weighted by Gasteiger charge is 2.35. The van der Waals surface area contributed by atoms with Crippen LogP contribution in [0.5, 0.6) is 0 Å². The van der Waals surface area contributed by atoms with Crippen molar-refractivity contribution in [2.24, 2.45) is 0 Å². The van der Waals surface area contributed by atoms with Crippen LogP contribution in [-0.2, 0) is 32.6 Å². The average molecular weight is 644 g/mol. The van der Waals surface area contributed by atoms with E-state index in [0.717, 1.165) is 21.0 Å². The van der Waals surface area contributed by atoms with E-state index in [4.69, 9.17) is 0 Å². The summed E-state index contributed by atoms with van der Waals surface area (Å²) in [5.41, 5.74) is 4.29. The van der Waals surface area contributed by atoms with Gasteiger partial charge in [-0.15, -0.1) is 0 Å². The Labute approximate surface area is 272 Å². The SMILES string of the molecule is CCC(C)NC(=O)C(Cc1ccccc1)N(Cc1ccc(F)cc1)C(=O)CN(c1cccc(C)c1C)S(=O)(=O)c1ccc(C)cc1. The van der Waals surface area contributed by atoms with Crippen LogP contribution in [0.15, 0.2) is 102 Å². The van der Waals surface area contributed by atoms with E-state index in [1.165, 1.54) is 29.2 Å². The summed E-state index contributed by atoms with van der Waals surface area (Å²) < 4.78 is 43.5. The maximum Gasteiger partial charge on any atom is 0.264 e. The number of nitrogens with zero attached hydrogens (tertiary/aromatic N) is 2. The van der Waals surface area contributed by atoms with Gasteiger partial charge in [0.2, 0.25) is 11.8 Å². The molecule has 0 bridgehead atoms. The molecule has 0 aliphatic heterocycles. The van der Waals surface area contributed by atoms with Crippen LogP contribution in [0.1, 0.15) is 48.1 Å². The molecule has 2 unspecified atom stereocenters. The van der Waals surface area contributed by atoms with Crippen LogP contribution < -0.4 is 9.62 Å². The number of carbonyl (C=O) groups excluding carboxylic acids is 2. The number of halogens is 1. The molecule has 0 aliphatic rings. The zero-order chi connectivity index (χ0) is 33.4. The average Bonchev–Trinajstić information content (AvgIpc) is 3.04. The van der Waals surface area contributed by atoms with Crippen LogP contribution in [0, 0.1) is 26.6 Å². The van der Waals surface area contributed by atoms with Gasteiger partial charge in [0.05, 0.1) is 10.6 Å². The van der Waals surface area contributed by atoms with Gasteiger partial charge in [-0.3, -0.25) is 13.9 Å². The number of nitrogens with one attached hydrogen (secondary N) is 1. The molecule has 9 heteroatoms. The van der Waals surface area contributed by atoms with E-state index in [2.05, 4.69) is 5.32 Å². The topological polar surface area (TPSA) is 86.8 Å². The second-order valence-corrected chi connectivity index (χ2v) is 13.6. The second kappa shape index (κ2) is 15.2. The molecule has 0 saturated carbocycles. The van der Waals surface area contributed by atoms with Gasteiger partial charge < -0.3 is 10.2 Å². The minimum absolute atomic E-state index is 0.0320. The number of anilines is 1. The smallest absolute Gasteiger partial charge is 0.264 e. The lowest BCUT2D eigenvalue weighted by Crippen LogP contribution is -2.54. The van der Waals surface area contributed by atoms with Gasteiger partial charge >= 0.3 is 0 Å². The Bertz CT molecular complexity index is 1740. The van der Waals surface area contributed by atoms with E-state index in [1.807, 2.05) is 71.0 Å². The van der Waals surface area contributed by atoms with Crippen LogP contribution in [0.2, 0.25) is 0 Å². The van der Waals surface area contributed by atoms with E-state index in [0.29, 0.717) is 23.2 Å². The predicted molar refractivity (Wildman–Crippen MR) is 180 cm³/mol. The normalized spacial score (nSPS) is 12.7. The molecule has 2 atom stereocenters. The summed E-state index contributed by atoms with van der Waals surface area (Å²) in [6.07, 6.45) is 0.884. The summed E-state index contributed by atoms with van der Waals surface area (Å²) in [6.45, 7) is 8.83. The Balaban J connectivity index is 1.83. The molecule has 0 heterocycles. The van der Waals surface area contributed by atoms with Crippen LogP contribution >= 0.6 is 0 Å². The molecule has 7 nitrogen and oxygen atoms in total. The number of amides is 2. The molecule has 46 heavy (non-hydrogen) atoms. The third-order valence-corrected chi connectivity index (χ3v) is 10.0. The molecule has 0 fully saturated rings. The summed E-state index contributed by atoms with van der Waals surface area (Å²) in [6, 6.07) is 25.8. The number of benzene rings is 4. The minimum atomic E-state index is -4.21. The number of carbonyl (C=O) groups is 2. The van der Waals surface area contributed by atoms with Crippen molar-refractivity contribution in [3.05, 3.63) is 131 Å². The van der Waals surface area contributed by atoms with Crippen LogP contribution in [0.3, 0.4) is 0 Å². The van der Waals surface area contributed by atoms with Gasteiger partial charge in [0.15, 0.2) is 0 Å². The Morgan fingerprint density at radius 2 is 1.48 bits per heavy atom. The van der Waals surface area contributed by atoms with E-state index in [1.54, 1.807) is 36.4 Å². The summed E-state index contributed by atoms with van der Waals surface area (Å²) in [7, 11) is -4.21. The molecule has 0 saturated heterocycles. The predicted octanol–water partition coefficient (Wildman–Crippen LogP) is 6.50. The number of aryl methyl sites for hydroxylation is 2. The van der Waals surface area contributed by atoms with E-state index in [-0.39, 0.29) is 29.8 Å². The highest BCUT2D eigenvalue weighted by atomic mass is 32.2. The fourth-order valence-corrected chi connectivity index (χ4v) is 6.61. The van der Waals surface area contributed by atoms with E-state index < -0.39 is 34.3 Å². The van der Waals surface area contributed by atoms with Gasteiger partial charge in [-0.2, -0.15) is 0 Å². The maximum atomic E-state index is 14.6. The Morgan fingerprint density at radius 1 is 0.826 bits per heavy atom. The van der Waals surface area contributed by atoms with Crippen molar-refractivity contribution in [2.75, 3.05) is 10.8 Å². The molecular weight excluding hydrogens is 601 g/mol. The zero-order valence-corrected chi connectivity index (χ0v) is 27.9. The third kappa shape index (κ3) is 8.40. The lowest BCUT2D eigenvalue weighted by molar-refractivity contribution is -0.140. The van der Waals surface area contributed by atoms with Gasteiger partial charge in [-0.05, 0) is 86.7 Å². The molecule has 0 radical (unpaired) electrons. The molecule has 2 amide bonds. The molecule has 1 N–H and O–H groups in total. The van der Waals surface area contributed by atoms with Crippen LogP contribution in [0.4, 0.5) is 10.1 Å². The van der Waals surface area contributed by atoms with Gasteiger partial charge in [-0.25, -0.2) is 12.8 Å². The first kappa shape index (κ1) is 34.4. The monoisotopic (exact) mass is 643 g/mol. The fraction of sp³-hybridized carbons (Fsp3) is 0.297. The molecule has 242 valence electrons. The van der Waals surface area contributed by atoms with Crippen molar-refractivity contribution in [2.45, 2.75) is 71.0 Å². The number of hydrogen-bond donors (Lipinski definition) is 1. The molecule has 4 aromatic carbocycles. The first-order chi connectivity index (χ1) is 21.9. The fourth-order valence-electron chi connectivity index (χ4n) is 5.14. The molecule has 4 rings (SSSR count). The lowest BCUT2D eigenvalue weighted by atomic mass is 10.0. The summed E-state index contributed by atoms with van der Waals surface area (Å²) >= 11 is 0. The first-order valence-electron chi connectivity index (χ1n) is 15.4. The van der Waals surface area contributed by atoms with Gasteiger partial charge in [0.1, 0.15) is 18.4 Å². The van der Waals surface area contributed by atoms with Gasteiger partial charge in [0, 0.05) is 19.0 Å². The Morgan fingerprint density at radius 3 is 2.11 bits per heavy atom. The molecule has 0 spiro atoms. The summed E-state index contributed by atoms with van der Waals surface area (Å²) in [4.78, 5) is 30.0. The largest absolute Gasteiger partial charge is 0.352 e. The van der Waals surface area contributed by atoms with E-state index >= 15 is 0 Å². The first-order valence-corrected chi connectivity index (χ1v) is 16.9. The molecular formula is C37H42FN3O4S. The maximum absolute atomic E-state index is 14.6. The number of rotatable bonds is 13. The van der Waals surface area contributed by atoms with Gasteiger partial charge in [0.25, 0.3) is 10.0 Å². The Hall–Kier alpha value is -4.50.